The summed E-state index contributed by atoms with van der Waals surface area (Å²) in [5.74, 6) is 1.66. The zero-order valence-electron chi connectivity index (χ0n) is 14.7. The second kappa shape index (κ2) is 7.37. The highest BCUT2D eigenvalue weighted by Gasteiger charge is 2.27. The van der Waals surface area contributed by atoms with Crippen LogP contribution in [0.1, 0.15) is 12.5 Å². The van der Waals surface area contributed by atoms with Crippen molar-refractivity contribution in [2.45, 2.75) is 19.4 Å². The van der Waals surface area contributed by atoms with E-state index in [1.807, 2.05) is 12.3 Å². The van der Waals surface area contributed by atoms with Crippen molar-refractivity contribution in [2.24, 2.45) is 0 Å². The topological polar surface area (TPSA) is 53.5 Å². The van der Waals surface area contributed by atoms with Gasteiger partial charge in [-0.05, 0) is 31.0 Å². The Labute approximate surface area is 148 Å². The molecule has 1 N–H and O–H groups in total. The van der Waals surface area contributed by atoms with Crippen LogP contribution in [0.25, 0.3) is 0 Å². The standard InChI is InChI=1S/C19H25N5O/c1-15-14-16-4-2-3-5-17(16)24(15)18-6-7-20-19(22-18)21-8-9-23-10-12-25-13-11-23/h2-7,15H,8-14H2,1H3,(H,20,21,22). The van der Waals surface area contributed by atoms with Gasteiger partial charge in [0.15, 0.2) is 0 Å². The Morgan fingerprint density at radius 3 is 2.92 bits per heavy atom. The maximum absolute atomic E-state index is 5.38. The van der Waals surface area contributed by atoms with Crippen molar-refractivity contribution in [1.82, 2.24) is 14.9 Å². The molecule has 2 aromatic rings. The molecule has 2 aliphatic rings. The van der Waals surface area contributed by atoms with E-state index in [1.54, 1.807) is 0 Å². The SMILES string of the molecule is CC1Cc2ccccc2N1c1ccnc(NCCN2CCOCC2)n1. The van der Waals surface area contributed by atoms with Crippen LogP contribution in [0.2, 0.25) is 0 Å². The van der Waals surface area contributed by atoms with E-state index in [9.17, 15) is 0 Å². The van der Waals surface area contributed by atoms with E-state index in [-0.39, 0.29) is 0 Å². The molecular weight excluding hydrogens is 314 g/mol. The number of benzene rings is 1. The van der Waals surface area contributed by atoms with Crippen LogP contribution in [-0.4, -0.2) is 60.3 Å². The normalized spacial score (nSPS) is 20.5. The molecule has 0 saturated carbocycles. The quantitative estimate of drug-likeness (QED) is 0.902. The molecule has 3 heterocycles. The number of ether oxygens (including phenoxy) is 1. The fraction of sp³-hybridized carbons (Fsp3) is 0.474. The molecule has 1 fully saturated rings. The zero-order chi connectivity index (χ0) is 17.1. The molecule has 2 aliphatic heterocycles. The first-order valence-electron chi connectivity index (χ1n) is 9.05. The molecule has 132 valence electrons. The van der Waals surface area contributed by atoms with E-state index in [0.717, 1.165) is 51.6 Å². The highest BCUT2D eigenvalue weighted by atomic mass is 16.5. The number of nitrogens with one attached hydrogen (secondary N) is 1. The zero-order valence-corrected chi connectivity index (χ0v) is 14.7. The van der Waals surface area contributed by atoms with E-state index in [4.69, 9.17) is 9.72 Å². The molecule has 0 aliphatic carbocycles. The Morgan fingerprint density at radius 1 is 1.20 bits per heavy atom. The minimum atomic E-state index is 0.411. The van der Waals surface area contributed by atoms with Gasteiger partial charge in [0, 0.05) is 44.1 Å². The monoisotopic (exact) mass is 339 g/mol. The van der Waals surface area contributed by atoms with Crippen LogP contribution >= 0.6 is 0 Å². The lowest BCUT2D eigenvalue weighted by Gasteiger charge is -2.26. The van der Waals surface area contributed by atoms with Crippen LogP contribution in [0.3, 0.4) is 0 Å². The van der Waals surface area contributed by atoms with Crippen molar-refractivity contribution in [2.75, 3.05) is 49.6 Å². The first-order chi connectivity index (χ1) is 12.3. The fourth-order valence-corrected chi connectivity index (χ4v) is 3.63. The minimum absolute atomic E-state index is 0.411. The van der Waals surface area contributed by atoms with Crippen LogP contribution in [0.5, 0.6) is 0 Å². The largest absolute Gasteiger partial charge is 0.379 e. The third kappa shape index (κ3) is 3.60. The molecule has 6 nitrogen and oxygen atoms in total. The smallest absolute Gasteiger partial charge is 0.224 e. The second-order valence-corrected chi connectivity index (χ2v) is 6.67. The number of para-hydroxylation sites is 1. The van der Waals surface area contributed by atoms with Gasteiger partial charge in [0.2, 0.25) is 5.95 Å². The van der Waals surface area contributed by atoms with E-state index < -0.39 is 0 Å². The maximum Gasteiger partial charge on any atom is 0.224 e. The van der Waals surface area contributed by atoms with Crippen molar-refractivity contribution in [3.63, 3.8) is 0 Å². The Hall–Kier alpha value is -2.18. The predicted molar refractivity (Wildman–Crippen MR) is 99.5 cm³/mol. The summed E-state index contributed by atoms with van der Waals surface area (Å²) < 4.78 is 5.38. The summed E-state index contributed by atoms with van der Waals surface area (Å²) in [4.78, 5) is 13.8. The molecule has 1 atom stereocenters. The number of hydrogen-bond acceptors (Lipinski definition) is 6. The van der Waals surface area contributed by atoms with Gasteiger partial charge in [0.05, 0.1) is 13.2 Å². The maximum atomic E-state index is 5.38. The third-order valence-electron chi connectivity index (χ3n) is 4.91. The van der Waals surface area contributed by atoms with E-state index in [1.165, 1.54) is 11.3 Å². The van der Waals surface area contributed by atoms with Gasteiger partial charge >= 0.3 is 0 Å². The number of fused-ring (bicyclic) bond motifs is 1. The molecule has 1 aromatic carbocycles. The number of morpholine rings is 1. The van der Waals surface area contributed by atoms with Crippen molar-refractivity contribution in [1.29, 1.82) is 0 Å². The molecule has 0 spiro atoms. The summed E-state index contributed by atoms with van der Waals surface area (Å²) in [5, 5.41) is 3.36. The molecule has 0 radical (unpaired) electrons. The van der Waals surface area contributed by atoms with Crippen LogP contribution < -0.4 is 10.2 Å². The number of aromatic nitrogens is 2. The Balaban J connectivity index is 1.43. The number of nitrogens with zero attached hydrogens (tertiary/aromatic N) is 4. The van der Waals surface area contributed by atoms with Gasteiger partial charge in [-0.15, -0.1) is 0 Å². The van der Waals surface area contributed by atoms with E-state index in [2.05, 4.69) is 51.3 Å². The number of hydrogen-bond donors (Lipinski definition) is 1. The lowest BCUT2D eigenvalue weighted by molar-refractivity contribution is 0.0398. The summed E-state index contributed by atoms with van der Waals surface area (Å²) in [7, 11) is 0. The van der Waals surface area contributed by atoms with Crippen LogP contribution in [0.15, 0.2) is 36.5 Å². The second-order valence-electron chi connectivity index (χ2n) is 6.67. The molecule has 1 aromatic heterocycles. The van der Waals surface area contributed by atoms with Crippen LogP contribution in [-0.2, 0) is 11.2 Å². The lowest BCUT2D eigenvalue weighted by atomic mass is 10.1. The van der Waals surface area contributed by atoms with Gasteiger partial charge in [0.1, 0.15) is 5.82 Å². The van der Waals surface area contributed by atoms with E-state index >= 15 is 0 Å². The van der Waals surface area contributed by atoms with Crippen molar-refractivity contribution < 1.29 is 4.74 Å². The summed E-state index contributed by atoms with van der Waals surface area (Å²) in [6.07, 6.45) is 2.90. The van der Waals surface area contributed by atoms with Gasteiger partial charge in [-0.3, -0.25) is 4.90 Å². The summed E-state index contributed by atoms with van der Waals surface area (Å²) >= 11 is 0. The fourth-order valence-electron chi connectivity index (χ4n) is 3.63. The van der Waals surface area contributed by atoms with E-state index in [0.29, 0.717) is 12.0 Å². The molecule has 1 unspecified atom stereocenters. The molecule has 1 saturated heterocycles. The summed E-state index contributed by atoms with van der Waals surface area (Å²) in [6, 6.07) is 11.0. The van der Waals surface area contributed by atoms with Gasteiger partial charge in [0.25, 0.3) is 0 Å². The average molecular weight is 339 g/mol. The molecule has 6 heteroatoms. The van der Waals surface area contributed by atoms with Crippen molar-refractivity contribution in [3.8, 4) is 0 Å². The highest BCUT2D eigenvalue weighted by molar-refractivity contribution is 5.69. The van der Waals surface area contributed by atoms with Crippen molar-refractivity contribution >= 4 is 17.5 Å². The molecule has 0 bridgehead atoms. The van der Waals surface area contributed by atoms with Gasteiger partial charge in [-0.25, -0.2) is 4.98 Å². The minimum Gasteiger partial charge on any atom is -0.379 e. The van der Waals surface area contributed by atoms with Gasteiger partial charge in [-0.2, -0.15) is 4.98 Å². The van der Waals surface area contributed by atoms with Crippen LogP contribution in [0.4, 0.5) is 17.5 Å². The molecule has 0 amide bonds. The van der Waals surface area contributed by atoms with Crippen LogP contribution in [0, 0.1) is 0 Å². The predicted octanol–water partition coefficient (Wildman–Crippen LogP) is 2.30. The Kier molecular flexibility index (Phi) is 4.81. The van der Waals surface area contributed by atoms with Crippen molar-refractivity contribution in [3.05, 3.63) is 42.1 Å². The highest BCUT2D eigenvalue weighted by Crippen LogP contribution is 2.37. The first-order valence-corrected chi connectivity index (χ1v) is 9.05. The Bertz CT molecular complexity index is 716. The molecule has 25 heavy (non-hydrogen) atoms. The number of rotatable bonds is 5. The summed E-state index contributed by atoms with van der Waals surface area (Å²) in [6.45, 7) is 7.74. The number of anilines is 3. The van der Waals surface area contributed by atoms with Gasteiger partial charge in [-0.1, -0.05) is 18.2 Å². The molecular formula is C19H25N5O. The van der Waals surface area contributed by atoms with Gasteiger partial charge < -0.3 is 15.0 Å². The lowest BCUT2D eigenvalue weighted by Crippen LogP contribution is -2.39. The third-order valence-corrected chi connectivity index (χ3v) is 4.91. The first kappa shape index (κ1) is 16.3. The Morgan fingerprint density at radius 2 is 2.04 bits per heavy atom. The summed E-state index contributed by atoms with van der Waals surface area (Å²) in [5.41, 5.74) is 2.64. The molecule has 4 rings (SSSR count). The average Bonchev–Trinajstić information content (AvgIpc) is 2.98.